The van der Waals surface area contributed by atoms with Crippen molar-refractivity contribution in [3.05, 3.63) is 34.9 Å². The standard InChI is InChI=1S/C12H16O/c1-6-11-7-12(13-5)10(4)8(2)9(11)3/h6-7H,1H2,2-5H3. The van der Waals surface area contributed by atoms with E-state index in [1.165, 1.54) is 16.7 Å². The Hall–Kier alpha value is -1.24. The van der Waals surface area contributed by atoms with E-state index in [1.54, 1.807) is 7.11 Å². The molecule has 0 N–H and O–H groups in total. The van der Waals surface area contributed by atoms with Gasteiger partial charge in [-0.1, -0.05) is 12.7 Å². The topological polar surface area (TPSA) is 9.23 Å². The first-order valence-electron chi connectivity index (χ1n) is 4.39. The highest BCUT2D eigenvalue weighted by molar-refractivity contribution is 5.59. The van der Waals surface area contributed by atoms with Crippen molar-refractivity contribution >= 4 is 6.08 Å². The highest BCUT2D eigenvalue weighted by Crippen LogP contribution is 2.27. The Morgan fingerprint density at radius 3 is 2.23 bits per heavy atom. The van der Waals surface area contributed by atoms with Gasteiger partial charge in [0.05, 0.1) is 7.11 Å². The maximum atomic E-state index is 5.28. The van der Waals surface area contributed by atoms with Crippen LogP contribution in [-0.2, 0) is 0 Å². The lowest BCUT2D eigenvalue weighted by Gasteiger charge is -2.12. The van der Waals surface area contributed by atoms with Crippen molar-refractivity contribution in [3.63, 3.8) is 0 Å². The molecule has 0 aromatic heterocycles. The van der Waals surface area contributed by atoms with E-state index in [2.05, 4.69) is 27.4 Å². The first-order valence-corrected chi connectivity index (χ1v) is 4.39. The van der Waals surface area contributed by atoms with Gasteiger partial charge in [-0.25, -0.2) is 0 Å². The van der Waals surface area contributed by atoms with Crippen molar-refractivity contribution in [1.82, 2.24) is 0 Å². The summed E-state index contributed by atoms with van der Waals surface area (Å²) in [5.41, 5.74) is 4.94. The normalized spacial score (nSPS) is 9.85. The van der Waals surface area contributed by atoms with Crippen LogP contribution in [0.25, 0.3) is 6.08 Å². The van der Waals surface area contributed by atoms with Gasteiger partial charge < -0.3 is 4.74 Å². The largest absolute Gasteiger partial charge is 0.496 e. The third kappa shape index (κ3) is 1.59. The molecule has 0 aliphatic heterocycles. The fraction of sp³-hybridized carbons (Fsp3) is 0.333. The molecule has 0 amide bonds. The predicted molar refractivity (Wildman–Crippen MR) is 57.3 cm³/mol. The predicted octanol–water partition coefficient (Wildman–Crippen LogP) is 3.26. The molecule has 70 valence electrons. The van der Waals surface area contributed by atoms with Crippen LogP contribution in [0, 0.1) is 20.8 Å². The maximum Gasteiger partial charge on any atom is 0.122 e. The van der Waals surface area contributed by atoms with Gasteiger partial charge in [0, 0.05) is 0 Å². The number of methoxy groups -OCH3 is 1. The van der Waals surface area contributed by atoms with E-state index in [4.69, 9.17) is 4.74 Å². The van der Waals surface area contributed by atoms with Crippen LogP contribution in [0.15, 0.2) is 12.6 Å². The van der Waals surface area contributed by atoms with E-state index in [0.717, 1.165) is 11.3 Å². The summed E-state index contributed by atoms with van der Waals surface area (Å²) < 4.78 is 5.28. The van der Waals surface area contributed by atoms with Gasteiger partial charge >= 0.3 is 0 Å². The van der Waals surface area contributed by atoms with E-state index in [0.29, 0.717) is 0 Å². The Labute approximate surface area is 80.0 Å². The molecular formula is C12H16O. The lowest BCUT2D eigenvalue weighted by Crippen LogP contribution is -1.95. The van der Waals surface area contributed by atoms with E-state index in [9.17, 15) is 0 Å². The summed E-state index contributed by atoms with van der Waals surface area (Å²) >= 11 is 0. The lowest BCUT2D eigenvalue weighted by atomic mass is 9.98. The Bertz CT molecular complexity index is 337. The van der Waals surface area contributed by atoms with Gasteiger partial charge in [-0.3, -0.25) is 0 Å². The van der Waals surface area contributed by atoms with E-state index in [1.807, 2.05) is 12.1 Å². The summed E-state index contributed by atoms with van der Waals surface area (Å²) in [4.78, 5) is 0. The molecule has 1 nitrogen and oxygen atoms in total. The van der Waals surface area contributed by atoms with Crippen LogP contribution < -0.4 is 4.74 Å². The quantitative estimate of drug-likeness (QED) is 0.672. The molecule has 1 aromatic carbocycles. The molecule has 0 bridgehead atoms. The average molecular weight is 176 g/mol. The van der Waals surface area contributed by atoms with Crippen LogP contribution in [0.3, 0.4) is 0 Å². The molecule has 0 saturated heterocycles. The van der Waals surface area contributed by atoms with E-state index >= 15 is 0 Å². The molecule has 1 heteroatoms. The molecule has 13 heavy (non-hydrogen) atoms. The Morgan fingerprint density at radius 2 is 1.77 bits per heavy atom. The molecule has 0 saturated carbocycles. The third-order valence-electron chi connectivity index (χ3n) is 2.65. The lowest BCUT2D eigenvalue weighted by molar-refractivity contribution is 0.411. The zero-order chi connectivity index (χ0) is 10.0. The van der Waals surface area contributed by atoms with Crippen LogP contribution in [0.2, 0.25) is 0 Å². The SMILES string of the molecule is C=Cc1cc(OC)c(C)c(C)c1C. The number of ether oxygens (including phenoxy) is 1. The molecule has 0 fully saturated rings. The fourth-order valence-electron chi connectivity index (χ4n) is 1.46. The Morgan fingerprint density at radius 1 is 1.15 bits per heavy atom. The van der Waals surface area contributed by atoms with Crippen LogP contribution in [-0.4, -0.2) is 7.11 Å². The minimum Gasteiger partial charge on any atom is -0.496 e. The van der Waals surface area contributed by atoms with Gasteiger partial charge in [0.2, 0.25) is 0 Å². The number of benzene rings is 1. The smallest absolute Gasteiger partial charge is 0.122 e. The highest BCUT2D eigenvalue weighted by atomic mass is 16.5. The number of rotatable bonds is 2. The molecular weight excluding hydrogens is 160 g/mol. The van der Waals surface area contributed by atoms with Gasteiger partial charge in [-0.15, -0.1) is 0 Å². The van der Waals surface area contributed by atoms with Crippen molar-refractivity contribution in [2.45, 2.75) is 20.8 Å². The third-order valence-corrected chi connectivity index (χ3v) is 2.65. The first-order chi connectivity index (χ1) is 6.11. The summed E-state index contributed by atoms with van der Waals surface area (Å²) in [7, 11) is 1.70. The maximum absolute atomic E-state index is 5.28. The Balaban J connectivity index is 3.45. The van der Waals surface area contributed by atoms with Crippen LogP contribution >= 0.6 is 0 Å². The number of hydrogen-bond acceptors (Lipinski definition) is 1. The molecule has 0 atom stereocenters. The van der Waals surface area contributed by atoms with Gasteiger partial charge in [0.25, 0.3) is 0 Å². The van der Waals surface area contributed by atoms with Gasteiger partial charge in [0.15, 0.2) is 0 Å². The molecule has 0 heterocycles. The minimum atomic E-state index is 0.943. The number of hydrogen-bond donors (Lipinski definition) is 0. The zero-order valence-electron chi connectivity index (χ0n) is 8.77. The molecule has 1 rings (SSSR count). The van der Waals surface area contributed by atoms with Gasteiger partial charge in [-0.2, -0.15) is 0 Å². The minimum absolute atomic E-state index is 0.943. The molecule has 0 radical (unpaired) electrons. The molecule has 0 spiro atoms. The van der Waals surface area contributed by atoms with E-state index < -0.39 is 0 Å². The average Bonchev–Trinajstić information content (AvgIpc) is 2.15. The van der Waals surface area contributed by atoms with Crippen molar-refractivity contribution < 1.29 is 4.74 Å². The second-order valence-electron chi connectivity index (χ2n) is 3.25. The van der Waals surface area contributed by atoms with Crippen LogP contribution in [0.1, 0.15) is 22.3 Å². The Kier molecular flexibility index (Phi) is 2.76. The van der Waals surface area contributed by atoms with Crippen LogP contribution in [0.5, 0.6) is 5.75 Å². The zero-order valence-corrected chi connectivity index (χ0v) is 8.77. The van der Waals surface area contributed by atoms with Crippen molar-refractivity contribution in [2.75, 3.05) is 7.11 Å². The highest BCUT2D eigenvalue weighted by Gasteiger charge is 2.07. The monoisotopic (exact) mass is 176 g/mol. The van der Waals surface area contributed by atoms with E-state index in [-0.39, 0.29) is 0 Å². The first kappa shape index (κ1) is 9.85. The van der Waals surface area contributed by atoms with Crippen molar-refractivity contribution in [1.29, 1.82) is 0 Å². The summed E-state index contributed by atoms with van der Waals surface area (Å²) in [6.45, 7) is 10.1. The summed E-state index contributed by atoms with van der Waals surface area (Å²) in [5, 5.41) is 0. The second kappa shape index (κ2) is 3.65. The molecule has 0 aliphatic carbocycles. The molecule has 1 aromatic rings. The summed E-state index contributed by atoms with van der Waals surface area (Å²) in [6, 6.07) is 2.03. The fourth-order valence-corrected chi connectivity index (χ4v) is 1.46. The second-order valence-corrected chi connectivity index (χ2v) is 3.25. The molecule has 0 unspecified atom stereocenters. The van der Waals surface area contributed by atoms with Crippen LogP contribution in [0.4, 0.5) is 0 Å². The van der Waals surface area contributed by atoms with Crippen molar-refractivity contribution in [3.8, 4) is 5.75 Å². The van der Waals surface area contributed by atoms with Gasteiger partial charge in [0.1, 0.15) is 5.75 Å². The van der Waals surface area contributed by atoms with Crippen molar-refractivity contribution in [2.24, 2.45) is 0 Å². The van der Waals surface area contributed by atoms with Gasteiger partial charge in [-0.05, 0) is 49.1 Å². The summed E-state index contributed by atoms with van der Waals surface area (Å²) in [6.07, 6.45) is 1.87. The molecule has 0 aliphatic rings. The summed E-state index contributed by atoms with van der Waals surface area (Å²) in [5.74, 6) is 0.943.